The van der Waals surface area contributed by atoms with Crippen molar-refractivity contribution >= 4 is 18.2 Å². The standard InChI is InChI=1S/C8H9N3/c1-2-10-8-7(6-9)4-3-5-11-8/h2-6,9H,1H3/b9-6?,10-2-. The predicted molar refractivity (Wildman–Crippen MR) is 45.9 cm³/mol. The maximum atomic E-state index is 7.02. The minimum atomic E-state index is 0.602. The molecule has 0 aromatic carbocycles. The third-order valence-corrected chi connectivity index (χ3v) is 1.22. The van der Waals surface area contributed by atoms with E-state index in [2.05, 4.69) is 9.98 Å². The molecule has 0 atom stereocenters. The molecule has 1 rings (SSSR count). The van der Waals surface area contributed by atoms with Crippen LogP contribution in [0.2, 0.25) is 0 Å². The first-order chi connectivity index (χ1) is 5.38. The Labute approximate surface area is 65.3 Å². The van der Waals surface area contributed by atoms with E-state index in [1.54, 1.807) is 18.5 Å². The number of aliphatic imine (C=N–C) groups is 1. The second-order valence-electron chi connectivity index (χ2n) is 1.95. The minimum Gasteiger partial charge on any atom is -0.308 e. The number of aromatic nitrogens is 1. The summed E-state index contributed by atoms with van der Waals surface area (Å²) in [6.45, 7) is 1.82. The van der Waals surface area contributed by atoms with E-state index < -0.39 is 0 Å². The molecular formula is C8H9N3. The number of rotatable bonds is 2. The van der Waals surface area contributed by atoms with Gasteiger partial charge in [-0.05, 0) is 19.1 Å². The van der Waals surface area contributed by atoms with Gasteiger partial charge in [-0.15, -0.1) is 0 Å². The molecule has 0 unspecified atom stereocenters. The first kappa shape index (κ1) is 7.60. The molecule has 1 N–H and O–H groups in total. The number of nitrogens with one attached hydrogen (secondary N) is 1. The molecular weight excluding hydrogens is 138 g/mol. The van der Waals surface area contributed by atoms with Gasteiger partial charge in [0.05, 0.1) is 0 Å². The van der Waals surface area contributed by atoms with Crippen LogP contribution >= 0.6 is 0 Å². The summed E-state index contributed by atoms with van der Waals surface area (Å²) in [5.41, 5.74) is 0.741. The Hall–Kier alpha value is -1.51. The van der Waals surface area contributed by atoms with Crippen molar-refractivity contribution in [2.45, 2.75) is 6.92 Å². The van der Waals surface area contributed by atoms with Crippen molar-refractivity contribution in [2.75, 3.05) is 0 Å². The summed E-state index contributed by atoms with van der Waals surface area (Å²) in [5.74, 6) is 0.602. The molecule has 0 aliphatic carbocycles. The van der Waals surface area contributed by atoms with E-state index in [-0.39, 0.29) is 0 Å². The van der Waals surface area contributed by atoms with E-state index in [1.807, 2.05) is 13.0 Å². The molecule has 0 amide bonds. The molecule has 0 aliphatic heterocycles. The smallest absolute Gasteiger partial charge is 0.160 e. The van der Waals surface area contributed by atoms with Crippen LogP contribution in [0.25, 0.3) is 0 Å². The molecule has 0 bridgehead atoms. The van der Waals surface area contributed by atoms with Gasteiger partial charge >= 0.3 is 0 Å². The Morgan fingerprint density at radius 2 is 2.45 bits per heavy atom. The van der Waals surface area contributed by atoms with E-state index in [9.17, 15) is 0 Å². The van der Waals surface area contributed by atoms with Gasteiger partial charge in [0.15, 0.2) is 5.82 Å². The van der Waals surface area contributed by atoms with Gasteiger partial charge in [-0.2, -0.15) is 0 Å². The lowest BCUT2D eigenvalue weighted by Gasteiger charge is -1.94. The molecule has 3 nitrogen and oxygen atoms in total. The molecule has 0 spiro atoms. The van der Waals surface area contributed by atoms with Crippen molar-refractivity contribution in [1.82, 2.24) is 4.98 Å². The zero-order valence-corrected chi connectivity index (χ0v) is 6.28. The monoisotopic (exact) mass is 147 g/mol. The Kier molecular flexibility index (Phi) is 2.49. The van der Waals surface area contributed by atoms with Gasteiger partial charge in [-0.3, -0.25) is 0 Å². The van der Waals surface area contributed by atoms with Crippen LogP contribution in [0.1, 0.15) is 12.5 Å². The second kappa shape index (κ2) is 3.61. The van der Waals surface area contributed by atoms with Gasteiger partial charge in [0.25, 0.3) is 0 Å². The Bertz CT molecular complexity index is 278. The highest BCUT2D eigenvalue weighted by atomic mass is 14.9. The summed E-state index contributed by atoms with van der Waals surface area (Å²) in [6.07, 6.45) is 4.57. The van der Waals surface area contributed by atoms with Gasteiger partial charge in [0, 0.05) is 24.2 Å². The fourth-order valence-electron chi connectivity index (χ4n) is 0.752. The third-order valence-electron chi connectivity index (χ3n) is 1.22. The van der Waals surface area contributed by atoms with E-state index in [0.717, 1.165) is 5.56 Å². The lowest BCUT2D eigenvalue weighted by Crippen LogP contribution is -1.83. The van der Waals surface area contributed by atoms with Crippen LogP contribution in [-0.4, -0.2) is 17.4 Å². The van der Waals surface area contributed by atoms with E-state index in [4.69, 9.17) is 5.41 Å². The zero-order valence-electron chi connectivity index (χ0n) is 6.28. The summed E-state index contributed by atoms with van der Waals surface area (Å²) in [7, 11) is 0. The van der Waals surface area contributed by atoms with Crippen LogP contribution in [0.5, 0.6) is 0 Å². The largest absolute Gasteiger partial charge is 0.308 e. The van der Waals surface area contributed by atoms with Gasteiger partial charge in [0.1, 0.15) is 0 Å². The van der Waals surface area contributed by atoms with E-state index in [1.165, 1.54) is 6.21 Å². The van der Waals surface area contributed by atoms with Crippen LogP contribution < -0.4 is 0 Å². The van der Waals surface area contributed by atoms with Crippen LogP contribution in [0, 0.1) is 5.41 Å². The Morgan fingerprint density at radius 3 is 3.09 bits per heavy atom. The molecule has 0 fully saturated rings. The fraction of sp³-hybridized carbons (Fsp3) is 0.125. The molecule has 0 aliphatic rings. The highest BCUT2D eigenvalue weighted by Gasteiger charge is 1.94. The molecule has 3 heteroatoms. The summed E-state index contributed by atoms with van der Waals surface area (Å²) in [4.78, 5) is 7.98. The summed E-state index contributed by atoms with van der Waals surface area (Å²) in [5, 5.41) is 7.02. The summed E-state index contributed by atoms with van der Waals surface area (Å²) >= 11 is 0. The second-order valence-corrected chi connectivity index (χ2v) is 1.95. The normalized spacial score (nSPS) is 10.3. The molecule has 1 aromatic heterocycles. The topological polar surface area (TPSA) is 49.1 Å². The summed E-state index contributed by atoms with van der Waals surface area (Å²) < 4.78 is 0. The van der Waals surface area contributed by atoms with E-state index in [0.29, 0.717) is 5.82 Å². The van der Waals surface area contributed by atoms with Gasteiger partial charge < -0.3 is 5.41 Å². The highest BCUT2D eigenvalue weighted by molar-refractivity contribution is 5.83. The Balaban J connectivity index is 3.11. The first-order valence-corrected chi connectivity index (χ1v) is 3.32. The molecule has 11 heavy (non-hydrogen) atoms. The fourth-order valence-corrected chi connectivity index (χ4v) is 0.752. The van der Waals surface area contributed by atoms with Crippen molar-refractivity contribution < 1.29 is 0 Å². The average molecular weight is 147 g/mol. The number of hydrogen-bond acceptors (Lipinski definition) is 3. The number of hydrogen-bond donors (Lipinski definition) is 1. The zero-order chi connectivity index (χ0) is 8.10. The van der Waals surface area contributed by atoms with E-state index >= 15 is 0 Å². The lowest BCUT2D eigenvalue weighted by atomic mass is 10.3. The van der Waals surface area contributed by atoms with Gasteiger partial charge in [-0.25, -0.2) is 9.98 Å². The van der Waals surface area contributed by atoms with Crippen molar-refractivity contribution in [2.24, 2.45) is 4.99 Å². The maximum Gasteiger partial charge on any atom is 0.160 e. The average Bonchev–Trinajstić information content (AvgIpc) is 2.06. The van der Waals surface area contributed by atoms with Crippen LogP contribution in [0.15, 0.2) is 23.3 Å². The number of pyridine rings is 1. The van der Waals surface area contributed by atoms with Crippen molar-refractivity contribution in [3.63, 3.8) is 0 Å². The molecule has 1 aromatic rings. The van der Waals surface area contributed by atoms with Crippen LogP contribution in [-0.2, 0) is 0 Å². The van der Waals surface area contributed by atoms with Gasteiger partial charge in [0.2, 0.25) is 0 Å². The maximum absolute atomic E-state index is 7.02. The quantitative estimate of drug-likeness (QED) is 0.637. The first-order valence-electron chi connectivity index (χ1n) is 3.32. The van der Waals surface area contributed by atoms with Crippen LogP contribution in [0.4, 0.5) is 5.82 Å². The molecule has 56 valence electrons. The summed E-state index contributed by atoms with van der Waals surface area (Å²) in [6, 6.07) is 3.59. The molecule has 1 heterocycles. The van der Waals surface area contributed by atoms with Gasteiger partial charge in [-0.1, -0.05) is 0 Å². The Morgan fingerprint density at radius 1 is 1.64 bits per heavy atom. The molecule has 0 radical (unpaired) electrons. The number of nitrogens with zero attached hydrogens (tertiary/aromatic N) is 2. The highest BCUT2D eigenvalue weighted by Crippen LogP contribution is 2.10. The molecule has 0 saturated heterocycles. The minimum absolute atomic E-state index is 0.602. The van der Waals surface area contributed by atoms with Crippen molar-refractivity contribution in [1.29, 1.82) is 5.41 Å². The van der Waals surface area contributed by atoms with Crippen LogP contribution in [0.3, 0.4) is 0 Å². The van der Waals surface area contributed by atoms with Crippen molar-refractivity contribution in [3.05, 3.63) is 23.9 Å². The lowest BCUT2D eigenvalue weighted by molar-refractivity contribution is 1.27. The van der Waals surface area contributed by atoms with Crippen molar-refractivity contribution in [3.8, 4) is 0 Å². The predicted octanol–water partition coefficient (Wildman–Crippen LogP) is 1.80. The third kappa shape index (κ3) is 1.70. The molecule has 0 saturated carbocycles. The SMILES string of the molecule is C/C=N\c1ncccc1C=N.